The Morgan fingerprint density at radius 1 is 1.04 bits per heavy atom. The van der Waals surface area contributed by atoms with Gasteiger partial charge in [-0.2, -0.15) is 0 Å². The highest BCUT2D eigenvalue weighted by Crippen LogP contribution is 2.59. The first kappa shape index (κ1) is 19.1. The van der Waals surface area contributed by atoms with Gasteiger partial charge in [0.05, 0.1) is 0 Å². The number of thioether (sulfide) groups is 1. The summed E-state index contributed by atoms with van der Waals surface area (Å²) >= 11 is 2.00. The molecule has 0 atom stereocenters. The molecular formula is C24H33NOS. The molecule has 0 spiro atoms. The van der Waals surface area contributed by atoms with Gasteiger partial charge in [-0.1, -0.05) is 36.4 Å². The molecule has 4 fully saturated rings. The van der Waals surface area contributed by atoms with Crippen molar-refractivity contribution in [1.82, 2.24) is 5.32 Å². The van der Waals surface area contributed by atoms with Crippen LogP contribution in [0.15, 0.2) is 41.3 Å². The Bertz CT molecular complexity index is 618. The number of hydrogen-bond acceptors (Lipinski definition) is 2. The van der Waals surface area contributed by atoms with Gasteiger partial charge < -0.3 is 5.32 Å². The first-order valence-corrected chi connectivity index (χ1v) is 11.8. The Hall–Kier alpha value is -1.22. The fourth-order valence-electron chi connectivity index (χ4n) is 6.29. The van der Waals surface area contributed by atoms with Gasteiger partial charge in [0.15, 0.2) is 0 Å². The monoisotopic (exact) mass is 383 g/mol. The third-order valence-electron chi connectivity index (χ3n) is 6.99. The summed E-state index contributed by atoms with van der Waals surface area (Å²) < 4.78 is 0. The number of benzene rings is 1. The van der Waals surface area contributed by atoms with Crippen molar-refractivity contribution in [3.8, 4) is 0 Å². The molecule has 1 N–H and O–H groups in total. The molecule has 4 bridgehead atoms. The van der Waals surface area contributed by atoms with Gasteiger partial charge in [0.25, 0.3) is 0 Å². The number of carbonyl (C=O) groups is 1. The predicted octanol–water partition coefficient (Wildman–Crippen LogP) is 5.94. The minimum atomic E-state index is 0.510. The highest BCUT2D eigenvalue weighted by Gasteiger charge is 2.50. The lowest BCUT2D eigenvalue weighted by atomic mass is 9.49. The highest BCUT2D eigenvalue weighted by molar-refractivity contribution is 8.02. The van der Waals surface area contributed by atoms with Gasteiger partial charge in [-0.05, 0) is 91.4 Å². The number of hydrogen-bond donors (Lipinski definition) is 1. The summed E-state index contributed by atoms with van der Waals surface area (Å²) in [6.45, 7) is 0.944. The lowest BCUT2D eigenvalue weighted by Crippen LogP contribution is -2.50. The molecule has 146 valence electrons. The molecule has 1 aromatic carbocycles. The maximum atomic E-state index is 10.4. The second-order valence-corrected chi connectivity index (χ2v) is 10.4. The Balaban J connectivity index is 0.000000134. The van der Waals surface area contributed by atoms with Crippen LogP contribution in [0.2, 0.25) is 0 Å². The van der Waals surface area contributed by atoms with Gasteiger partial charge in [0.1, 0.15) is 0 Å². The average Bonchev–Trinajstić information content (AvgIpc) is 3.19. The molecule has 1 amide bonds. The predicted molar refractivity (Wildman–Crippen MR) is 114 cm³/mol. The summed E-state index contributed by atoms with van der Waals surface area (Å²) in [5.74, 6) is 4.12. The van der Waals surface area contributed by atoms with E-state index in [-0.39, 0.29) is 0 Å². The van der Waals surface area contributed by atoms with Crippen LogP contribution in [0, 0.1) is 23.2 Å². The molecule has 0 saturated heterocycles. The van der Waals surface area contributed by atoms with Crippen molar-refractivity contribution in [2.24, 2.45) is 23.2 Å². The highest BCUT2D eigenvalue weighted by atomic mass is 32.2. The summed E-state index contributed by atoms with van der Waals surface area (Å²) in [6, 6.07) is 10.7. The van der Waals surface area contributed by atoms with E-state index in [1.165, 1.54) is 63.4 Å². The van der Waals surface area contributed by atoms with Gasteiger partial charge in [0, 0.05) is 12.3 Å². The molecule has 0 aliphatic heterocycles. The van der Waals surface area contributed by atoms with Gasteiger partial charge in [0.2, 0.25) is 6.41 Å². The normalized spacial score (nSPS) is 33.2. The second kappa shape index (κ2) is 8.86. The third kappa shape index (κ3) is 4.99. The van der Waals surface area contributed by atoms with Crippen LogP contribution in [-0.2, 0) is 10.5 Å². The smallest absolute Gasteiger partial charge is 0.207 e. The van der Waals surface area contributed by atoms with E-state index in [2.05, 4.69) is 41.7 Å². The zero-order chi connectivity index (χ0) is 18.5. The lowest BCUT2D eigenvalue weighted by Gasteiger charge is -2.56. The van der Waals surface area contributed by atoms with Crippen LogP contribution < -0.4 is 5.32 Å². The molecular weight excluding hydrogens is 350 g/mol. The summed E-state index contributed by atoms with van der Waals surface area (Å²) in [4.78, 5) is 12.0. The number of rotatable bonds is 6. The summed E-state index contributed by atoms with van der Waals surface area (Å²) in [5, 5.41) is 2.92. The van der Waals surface area contributed by atoms with Crippen molar-refractivity contribution >= 4 is 18.2 Å². The Kier molecular flexibility index (Phi) is 6.27. The molecule has 5 aliphatic rings. The van der Waals surface area contributed by atoms with Crippen molar-refractivity contribution in [3.05, 3.63) is 46.9 Å². The molecule has 2 nitrogen and oxygen atoms in total. The SMILES string of the molecule is C1=C(SCc2ccccc2)CCC1.O=CNCC12CC3CC(CC(C3)C1)C2. The molecule has 6 rings (SSSR count). The fourth-order valence-corrected chi connectivity index (χ4v) is 7.36. The van der Waals surface area contributed by atoms with E-state index in [4.69, 9.17) is 0 Å². The van der Waals surface area contributed by atoms with E-state index < -0.39 is 0 Å². The molecule has 1 aromatic rings. The van der Waals surface area contributed by atoms with Crippen LogP contribution in [0.3, 0.4) is 0 Å². The minimum Gasteiger partial charge on any atom is -0.358 e. The molecule has 4 saturated carbocycles. The van der Waals surface area contributed by atoms with E-state index in [1.807, 2.05) is 11.8 Å². The fraction of sp³-hybridized carbons (Fsp3) is 0.625. The Labute approximate surface area is 168 Å². The zero-order valence-corrected chi connectivity index (χ0v) is 17.2. The third-order valence-corrected chi connectivity index (χ3v) is 8.21. The summed E-state index contributed by atoms with van der Waals surface area (Å²) in [7, 11) is 0. The van der Waals surface area contributed by atoms with E-state index >= 15 is 0 Å². The average molecular weight is 384 g/mol. The number of amides is 1. The standard InChI is InChI=1S/C12H19NO.C12H14S/c14-8-13-7-12-4-9-1-10(5-12)3-11(2-9)6-12;1-2-6-11(7-3-1)10-13-12-8-4-5-9-12/h8-11H,1-7H2,(H,13,14);1-3,6-8H,4-5,9-10H2. The van der Waals surface area contributed by atoms with Crippen LogP contribution in [0.5, 0.6) is 0 Å². The van der Waals surface area contributed by atoms with E-state index in [0.717, 1.165) is 36.5 Å². The number of carbonyl (C=O) groups excluding carboxylic acids is 1. The first-order chi connectivity index (χ1) is 13.2. The molecule has 5 aliphatic carbocycles. The maximum absolute atomic E-state index is 10.4. The maximum Gasteiger partial charge on any atom is 0.207 e. The number of nitrogens with one attached hydrogen (secondary N) is 1. The van der Waals surface area contributed by atoms with Gasteiger partial charge in [-0.25, -0.2) is 0 Å². The minimum absolute atomic E-state index is 0.510. The van der Waals surface area contributed by atoms with E-state index in [1.54, 1.807) is 4.91 Å². The van der Waals surface area contributed by atoms with Gasteiger partial charge in [-0.15, -0.1) is 11.8 Å². The first-order valence-electron chi connectivity index (χ1n) is 10.8. The Morgan fingerprint density at radius 2 is 1.70 bits per heavy atom. The van der Waals surface area contributed by atoms with Crippen LogP contribution in [0.25, 0.3) is 0 Å². The lowest BCUT2D eigenvalue weighted by molar-refractivity contribution is -0.111. The van der Waals surface area contributed by atoms with Crippen molar-refractivity contribution in [1.29, 1.82) is 0 Å². The molecule has 27 heavy (non-hydrogen) atoms. The molecule has 0 radical (unpaired) electrons. The Morgan fingerprint density at radius 3 is 2.26 bits per heavy atom. The van der Waals surface area contributed by atoms with Crippen LogP contribution in [-0.4, -0.2) is 13.0 Å². The van der Waals surface area contributed by atoms with E-state index in [9.17, 15) is 4.79 Å². The van der Waals surface area contributed by atoms with Crippen molar-refractivity contribution < 1.29 is 4.79 Å². The van der Waals surface area contributed by atoms with Crippen LogP contribution in [0.1, 0.15) is 63.4 Å². The quantitative estimate of drug-likeness (QED) is 0.616. The molecule has 0 heterocycles. The van der Waals surface area contributed by atoms with Crippen LogP contribution >= 0.6 is 11.8 Å². The van der Waals surface area contributed by atoms with Crippen LogP contribution in [0.4, 0.5) is 0 Å². The largest absolute Gasteiger partial charge is 0.358 e. The molecule has 0 aromatic heterocycles. The second-order valence-electron chi connectivity index (χ2n) is 9.25. The summed E-state index contributed by atoms with van der Waals surface area (Å²) in [6.07, 6.45) is 15.8. The molecule has 3 heteroatoms. The molecule has 0 unspecified atom stereocenters. The van der Waals surface area contributed by atoms with Gasteiger partial charge >= 0.3 is 0 Å². The number of allylic oxidation sites excluding steroid dienone is 2. The van der Waals surface area contributed by atoms with Crippen molar-refractivity contribution in [2.75, 3.05) is 6.54 Å². The van der Waals surface area contributed by atoms with Gasteiger partial charge in [-0.3, -0.25) is 4.79 Å². The van der Waals surface area contributed by atoms with Crippen molar-refractivity contribution in [3.63, 3.8) is 0 Å². The zero-order valence-electron chi connectivity index (χ0n) is 16.4. The van der Waals surface area contributed by atoms with Crippen molar-refractivity contribution in [2.45, 2.75) is 63.5 Å². The van der Waals surface area contributed by atoms with E-state index in [0.29, 0.717) is 5.41 Å². The topological polar surface area (TPSA) is 29.1 Å². The summed E-state index contributed by atoms with van der Waals surface area (Å²) in [5.41, 5.74) is 1.94.